The van der Waals surface area contributed by atoms with Crippen molar-refractivity contribution in [3.05, 3.63) is 46.7 Å². The van der Waals surface area contributed by atoms with Gasteiger partial charge in [-0.1, -0.05) is 11.6 Å². The molecule has 0 fully saturated rings. The predicted molar refractivity (Wildman–Crippen MR) is 83.7 cm³/mol. The minimum atomic E-state index is -0.175. The van der Waals surface area contributed by atoms with Crippen LogP contribution < -0.4 is 10.6 Å². The second-order valence-electron chi connectivity index (χ2n) is 4.65. The zero-order chi connectivity index (χ0) is 15.4. The molecule has 1 aromatic carbocycles. The molecule has 1 heterocycles. The van der Waals surface area contributed by atoms with Crippen LogP contribution in [0.3, 0.4) is 0 Å². The standard InChI is InChI=1S/C15H16ClN3O2/c1-9-3-6-15(21)14(18-9)8-17-11-4-5-13(12(16)7-11)19-10(2)20/h3-7,17,21H,8H2,1-2H3,(H,19,20). The van der Waals surface area contributed by atoms with E-state index in [0.29, 0.717) is 22.9 Å². The Hall–Kier alpha value is -2.27. The fourth-order valence-electron chi connectivity index (χ4n) is 1.84. The average Bonchev–Trinajstić information content (AvgIpc) is 2.42. The van der Waals surface area contributed by atoms with E-state index in [-0.39, 0.29) is 11.7 Å². The minimum absolute atomic E-state index is 0.147. The lowest BCUT2D eigenvalue weighted by atomic mass is 10.2. The number of carbonyl (C=O) groups is 1. The van der Waals surface area contributed by atoms with Gasteiger partial charge in [0.1, 0.15) is 11.4 Å². The lowest BCUT2D eigenvalue weighted by molar-refractivity contribution is -0.114. The van der Waals surface area contributed by atoms with Crippen LogP contribution in [0.5, 0.6) is 5.75 Å². The van der Waals surface area contributed by atoms with Gasteiger partial charge in [0.2, 0.25) is 5.91 Å². The summed E-state index contributed by atoms with van der Waals surface area (Å²) < 4.78 is 0. The van der Waals surface area contributed by atoms with E-state index < -0.39 is 0 Å². The number of pyridine rings is 1. The molecule has 0 saturated heterocycles. The van der Waals surface area contributed by atoms with E-state index in [9.17, 15) is 9.90 Å². The number of amides is 1. The van der Waals surface area contributed by atoms with E-state index in [1.54, 1.807) is 30.3 Å². The maximum Gasteiger partial charge on any atom is 0.221 e. The van der Waals surface area contributed by atoms with Gasteiger partial charge in [0.25, 0.3) is 0 Å². The van der Waals surface area contributed by atoms with Gasteiger partial charge >= 0.3 is 0 Å². The number of rotatable bonds is 4. The molecule has 110 valence electrons. The molecule has 2 rings (SSSR count). The summed E-state index contributed by atoms with van der Waals surface area (Å²) in [6, 6.07) is 8.59. The van der Waals surface area contributed by atoms with Crippen molar-refractivity contribution in [3.8, 4) is 5.75 Å². The fraction of sp³-hybridized carbons (Fsp3) is 0.200. The summed E-state index contributed by atoms with van der Waals surface area (Å²) in [5.74, 6) is -0.0273. The van der Waals surface area contributed by atoms with Crippen molar-refractivity contribution in [3.63, 3.8) is 0 Å². The van der Waals surface area contributed by atoms with E-state index >= 15 is 0 Å². The molecule has 1 aromatic heterocycles. The number of aryl methyl sites for hydroxylation is 1. The monoisotopic (exact) mass is 305 g/mol. The van der Waals surface area contributed by atoms with Crippen LogP contribution >= 0.6 is 11.6 Å². The van der Waals surface area contributed by atoms with Crippen LogP contribution in [0, 0.1) is 6.92 Å². The van der Waals surface area contributed by atoms with E-state index in [1.165, 1.54) is 6.92 Å². The van der Waals surface area contributed by atoms with Crippen molar-refractivity contribution >= 4 is 28.9 Å². The summed E-state index contributed by atoms with van der Waals surface area (Å²) in [7, 11) is 0. The van der Waals surface area contributed by atoms with Crippen LogP contribution in [0.2, 0.25) is 5.02 Å². The van der Waals surface area contributed by atoms with Crippen molar-refractivity contribution < 1.29 is 9.90 Å². The van der Waals surface area contributed by atoms with Crippen molar-refractivity contribution in [1.82, 2.24) is 4.98 Å². The Kier molecular flexibility index (Phi) is 4.65. The molecule has 0 unspecified atom stereocenters. The maximum absolute atomic E-state index is 11.0. The predicted octanol–water partition coefficient (Wildman–Crippen LogP) is 3.32. The Bertz CT molecular complexity index is 674. The summed E-state index contributed by atoms with van der Waals surface area (Å²) >= 11 is 6.09. The van der Waals surface area contributed by atoms with Crippen molar-refractivity contribution in [2.45, 2.75) is 20.4 Å². The Morgan fingerprint density at radius 3 is 2.76 bits per heavy atom. The molecule has 0 aliphatic carbocycles. The van der Waals surface area contributed by atoms with Crippen LogP contribution in [0.4, 0.5) is 11.4 Å². The highest BCUT2D eigenvalue weighted by atomic mass is 35.5. The molecule has 0 spiro atoms. The normalized spacial score (nSPS) is 10.2. The highest BCUT2D eigenvalue weighted by Crippen LogP contribution is 2.26. The molecule has 0 saturated carbocycles. The van der Waals surface area contributed by atoms with Crippen LogP contribution in [-0.4, -0.2) is 16.0 Å². The molecule has 2 aromatic rings. The molecular weight excluding hydrogens is 290 g/mol. The summed E-state index contributed by atoms with van der Waals surface area (Å²) in [5.41, 5.74) is 2.74. The zero-order valence-electron chi connectivity index (χ0n) is 11.8. The largest absolute Gasteiger partial charge is 0.506 e. The number of halogens is 1. The summed E-state index contributed by atoms with van der Waals surface area (Å²) in [5, 5.41) is 15.9. The summed E-state index contributed by atoms with van der Waals surface area (Å²) in [6.45, 7) is 3.67. The number of hydrogen-bond acceptors (Lipinski definition) is 4. The Balaban J connectivity index is 2.08. The van der Waals surface area contributed by atoms with Gasteiger partial charge in [-0.05, 0) is 37.3 Å². The SMILES string of the molecule is CC(=O)Nc1ccc(NCc2nc(C)ccc2O)cc1Cl. The van der Waals surface area contributed by atoms with Crippen molar-refractivity contribution in [2.75, 3.05) is 10.6 Å². The highest BCUT2D eigenvalue weighted by Gasteiger charge is 2.06. The third-order valence-electron chi connectivity index (χ3n) is 2.83. The van der Waals surface area contributed by atoms with Gasteiger partial charge < -0.3 is 15.7 Å². The average molecular weight is 306 g/mol. The molecule has 5 nitrogen and oxygen atoms in total. The molecule has 0 radical (unpaired) electrons. The summed E-state index contributed by atoms with van der Waals surface area (Å²) in [6.07, 6.45) is 0. The third kappa shape index (κ3) is 4.10. The van der Waals surface area contributed by atoms with Gasteiger partial charge in [-0.25, -0.2) is 0 Å². The number of nitrogens with zero attached hydrogens (tertiary/aromatic N) is 1. The Morgan fingerprint density at radius 1 is 1.33 bits per heavy atom. The number of nitrogens with one attached hydrogen (secondary N) is 2. The lowest BCUT2D eigenvalue weighted by Gasteiger charge is -2.10. The molecule has 21 heavy (non-hydrogen) atoms. The second-order valence-corrected chi connectivity index (χ2v) is 5.06. The lowest BCUT2D eigenvalue weighted by Crippen LogP contribution is -2.07. The third-order valence-corrected chi connectivity index (χ3v) is 3.14. The van der Waals surface area contributed by atoms with Gasteiger partial charge in [-0.3, -0.25) is 9.78 Å². The first kappa shape index (κ1) is 15.1. The van der Waals surface area contributed by atoms with E-state index in [0.717, 1.165) is 11.4 Å². The molecule has 0 bridgehead atoms. The number of carbonyl (C=O) groups excluding carboxylic acids is 1. The van der Waals surface area contributed by atoms with Crippen LogP contribution in [0.15, 0.2) is 30.3 Å². The molecule has 3 N–H and O–H groups in total. The minimum Gasteiger partial charge on any atom is -0.506 e. The first-order valence-corrected chi connectivity index (χ1v) is 6.80. The number of benzene rings is 1. The first-order chi connectivity index (χ1) is 9.95. The number of hydrogen-bond donors (Lipinski definition) is 3. The van der Waals surface area contributed by atoms with Gasteiger partial charge in [0, 0.05) is 18.3 Å². The van der Waals surface area contributed by atoms with E-state index in [1.807, 2.05) is 6.92 Å². The number of aromatic nitrogens is 1. The van der Waals surface area contributed by atoms with E-state index in [2.05, 4.69) is 15.6 Å². The fourth-order valence-corrected chi connectivity index (χ4v) is 2.06. The van der Waals surface area contributed by atoms with Gasteiger partial charge in [-0.2, -0.15) is 0 Å². The smallest absolute Gasteiger partial charge is 0.221 e. The van der Waals surface area contributed by atoms with Gasteiger partial charge in [0.05, 0.1) is 17.3 Å². The van der Waals surface area contributed by atoms with Gasteiger partial charge in [-0.15, -0.1) is 0 Å². The first-order valence-electron chi connectivity index (χ1n) is 6.42. The summed E-state index contributed by atoms with van der Waals surface area (Å²) in [4.78, 5) is 15.3. The molecular formula is C15H16ClN3O2. The van der Waals surface area contributed by atoms with Crippen LogP contribution in [-0.2, 0) is 11.3 Å². The van der Waals surface area contributed by atoms with Crippen LogP contribution in [0.25, 0.3) is 0 Å². The molecule has 0 aliphatic heterocycles. The molecule has 0 aliphatic rings. The van der Waals surface area contributed by atoms with Crippen molar-refractivity contribution in [1.29, 1.82) is 0 Å². The van der Waals surface area contributed by atoms with Crippen molar-refractivity contribution in [2.24, 2.45) is 0 Å². The molecule has 6 heteroatoms. The molecule has 0 atom stereocenters. The number of aromatic hydroxyl groups is 1. The Labute approximate surface area is 128 Å². The van der Waals surface area contributed by atoms with E-state index in [4.69, 9.17) is 11.6 Å². The maximum atomic E-state index is 11.0. The second kappa shape index (κ2) is 6.45. The van der Waals surface area contributed by atoms with Gasteiger partial charge in [0.15, 0.2) is 0 Å². The Morgan fingerprint density at radius 2 is 2.10 bits per heavy atom. The zero-order valence-corrected chi connectivity index (χ0v) is 12.5. The number of anilines is 2. The molecule has 1 amide bonds. The highest BCUT2D eigenvalue weighted by molar-refractivity contribution is 6.34. The topological polar surface area (TPSA) is 74.2 Å². The quantitative estimate of drug-likeness (QED) is 0.810. The van der Waals surface area contributed by atoms with Crippen LogP contribution in [0.1, 0.15) is 18.3 Å².